The third kappa shape index (κ3) is 2.53. The van der Waals surface area contributed by atoms with E-state index in [1.165, 1.54) is 0 Å². The van der Waals surface area contributed by atoms with Crippen LogP contribution < -0.4 is 0 Å². The fraction of sp³-hybridized carbons (Fsp3) is 0.938. The number of ether oxygens (including phenoxy) is 1. The Morgan fingerprint density at radius 2 is 1.95 bits per heavy atom. The predicted molar refractivity (Wildman–Crippen MR) is 74.5 cm³/mol. The molecule has 0 amide bonds. The van der Waals surface area contributed by atoms with Gasteiger partial charge in [0.1, 0.15) is 0 Å². The molecule has 1 saturated heterocycles. The van der Waals surface area contributed by atoms with Crippen molar-refractivity contribution < 1.29 is 9.84 Å². The minimum Gasteiger partial charge on any atom is -0.388 e. The van der Waals surface area contributed by atoms with Gasteiger partial charge in [0, 0.05) is 12.8 Å². The van der Waals surface area contributed by atoms with Gasteiger partial charge in [-0.3, -0.25) is 0 Å². The fourth-order valence-corrected chi connectivity index (χ4v) is 3.80. The van der Waals surface area contributed by atoms with E-state index < -0.39 is 11.0 Å². The standard InChI is InChI=1S/C16H27NO2/c1-4-14(3)11-16(18,9-10-19-14)15(12-17)7-5-13(2)6-8-15/h13,18H,4-11H2,1-3H3. The van der Waals surface area contributed by atoms with Crippen molar-refractivity contribution in [2.75, 3.05) is 6.61 Å². The number of hydrogen-bond donors (Lipinski definition) is 1. The van der Waals surface area contributed by atoms with Crippen molar-refractivity contribution in [1.29, 1.82) is 5.26 Å². The number of nitriles is 1. The Kier molecular flexibility index (Phi) is 3.95. The average Bonchev–Trinajstić information content (AvgIpc) is 2.39. The van der Waals surface area contributed by atoms with Gasteiger partial charge in [0.05, 0.1) is 29.3 Å². The lowest BCUT2D eigenvalue weighted by atomic mass is 9.58. The first kappa shape index (κ1) is 14.8. The van der Waals surface area contributed by atoms with Gasteiger partial charge in [0.15, 0.2) is 0 Å². The Hall–Kier alpha value is -0.590. The third-order valence-electron chi connectivity index (χ3n) is 5.61. The van der Waals surface area contributed by atoms with Crippen LogP contribution >= 0.6 is 0 Å². The van der Waals surface area contributed by atoms with Gasteiger partial charge < -0.3 is 9.84 Å². The molecular formula is C16H27NO2. The molecule has 19 heavy (non-hydrogen) atoms. The van der Waals surface area contributed by atoms with Gasteiger partial charge in [-0.05, 0) is 44.9 Å². The van der Waals surface area contributed by atoms with Gasteiger partial charge >= 0.3 is 0 Å². The molecule has 2 atom stereocenters. The van der Waals surface area contributed by atoms with E-state index in [1.54, 1.807) is 0 Å². The Labute approximate surface area is 117 Å². The maximum absolute atomic E-state index is 11.2. The van der Waals surface area contributed by atoms with Crippen LogP contribution in [0.3, 0.4) is 0 Å². The highest BCUT2D eigenvalue weighted by Crippen LogP contribution is 2.52. The summed E-state index contributed by atoms with van der Waals surface area (Å²) in [6.45, 7) is 6.96. The Morgan fingerprint density at radius 3 is 2.47 bits per heavy atom. The highest BCUT2D eigenvalue weighted by Gasteiger charge is 2.56. The third-order valence-corrected chi connectivity index (χ3v) is 5.61. The second kappa shape index (κ2) is 5.07. The molecule has 0 bridgehead atoms. The van der Waals surface area contributed by atoms with Crippen LogP contribution in [0.2, 0.25) is 0 Å². The van der Waals surface area contributed by atoms with Crippen LogP contribution in [0.4, 0.5) is 0 Å². The van der Waals surface area contributed by atoms with Gasteiger partial charge in [-0.1, -0.05) is 13.8 Å². The summed E-state index contributed by atoms with van der Waals surface area (Å²) in [4.78, 5) is 0. The zero-order chi connectivity index (χ0) is 14.1. The van der Waals surface area contributed by atoms with Crippen molar-refractivity contribution in [2.24, 2.45) is 11.3 Å². The lowest BCUT2D eigenvalue weighted by Gasteiger charge is -2.52. The minimum absolute atomic E-state index is 0.278. The summed E-state index contributed by atoms with van der Waals surface area (Å²) in [5.41, 5.74) is -1.70. The first-order chi connectivity index (χ1) is 8.89. The Balaban J connectivity index is 2.24. The molecular weight excluding hydrogens is 238 g/mol. The predicted octanol–water partition coefficient (Wildman–Crippen LogP) is 3.42. The lowest BCUT2D eigenvalue weighted by Crippen LogP contribution is -2.57. The molecule has 2 aliphatic rings. The molecule has 1 N–H and O–H groups in total. The van der Waals surface area contributed by atoms with E-state index in [2.05, 4.69) is 26.8 Å². The van der Waals surface area contributed by atoms with Crippen LogP contribution in [0.25, 0.3) is 0 Å². The van der Waals surface area contributed by atoms with Gasteiger partial charge in [-0.2, -0.15) is 5.26 Å². The number of nitrogens with zero attached hydrogens (tertiary/aromatic N) is 1. The molecule has 0 radical (unpaired) electrons. The summed E-state index contributed by atoms with van der Waals surface area (Å²) < 4.78 is 5.84. The Morgan fingerprint density at radius 1 is 1.32 bits per heavy atom. The zero-order valence-corrected chi connectivity index (χ0v) is 12.5. The summed E-state index contributed by atoms with van der Waals surface area (Å²) in [7, 11) is 0. The van der Waals surface area contributed by atoms with E-state index in [4.69, 9.17) is 4.74 Å². The Bertz CT molecular complexity index is 367. The smallest absolute Gasteiger partial charge is 0.0882 e. The fourth-order valence-electron chi connectivity index (χ4n) is 3.80. The summed E-state index contributed by atoms with van der Waals surface area (Å²) >= 11 is 0. The molecule has 0 aromatic heterocycles. The molecule has 0 aromatic rings. The minimum atomic E-state index is -0.870. The lowest BCUT2D eigenvalue weighted by molar-refractivity contribution is -0.196. The second-order valence-corrected chi connectivity index (χ2v) is 6.99. The van der Waals surface area contributed by atoms with Crippen LogP contribution in [-0.4, -0.2) is 22.9 Å². The molecule has 2 unspecified atom stereocenters. The van der Waals surface area contributed by atoms with E-state index in [-0.39, 0.29) is 5.60 Å². The summed E-state index contributed by atoms with van der Waals surface area (Å²) in [6.07, 6.45) is 5.86. The number of aliphatic hydroxyl groups is 1. The first-order valence-corrected chi connectivity index (χ1v) is 7.66. The normalized spacial score (nSPS) is 47.6. The van der Waals surface area contributed by atoms with E-state index in [1.807, 2.05) is 0 Å². The SMILES string of the molecule is CCC1(C)CC(O)(C2(C#N)CCC(C)CC2)CCO1. The second-order valence-electron chi connectivity index (χ2n) is 6.99. The van der Waals surface area contributed by atoms with E-state index in [0.29, 0.717) is 25.4 Å². The van der Waals surface area contributed by atoms with Crippen molar-refractivity contribution in [3.05, 3.63) is 0 Å². The molecule has 108 valence electrons. The molecule has 2 rings (SSSR count). The van der Waals surface area contributed by atoms with Crippen LogP contribution in [0.1, 0.15) is 65.7 Å². The van der Waals surface area contributed by atoms with Crippen molar-refractivity contribution >= 4 is 0 Å². The monoisotopic (exact) mass is 265 g/mol. The first-order valence-electron chi connectivity index (χ1n) is 7.66. The van der Waals surface area contributed by atoms with Gasteiger partial charge in [0.2, 0.25) is 0 Å². The quantitative estimate of drug-likeness (QED) is 0.832. The van der Waals surface area contributed by atoms with Crippen molar-refractivity contribution in [2.45, 2.75) is 76.9 Å². The maximum Gasteiger partial charge on any atom is 0.0882 e. The summed E-state index contributed by atoms with van der Waals surface area (Å²) in [6, 6.07) is 2.50. The largest absolute Gasteiger partial charge is 0.388 e. The van der Waals surface area contributed by atoms with Gasteiger partial charge in [0.25, 0.3) is 0 Å². The summed E-state index contributed by atoms with van der Waals surface area (Å²) in [5, 5.41) is 20.9. The topological polar surface area (TPSA) is 53.2 Å². The van der Waals surface area contributed by atoms with Crippen molar-refractivity contribution in [3.8, 4) is 6.07 Å². The van der Waals surface area contributed by atoms with Gasteiger partial charge in [-0.15, -0.1) is 0 Å². The molecule has 2 fully saturated rings. The molecule has 0 spiro atoms. The molecule has 0 aromatic carbocycles. The maximum atomic E-state index is 11.2. The average molecular weight is 265 g/mol. The van der Waals surface area contributed by atoms with Crippen molar-refractivity contribution in [3.63, 3.8) is 0 Å². The summed E-state index contributed by atoms with van der Waals surface area (Å²) in [5.74, 6) is 0.683. The molecule has 1 saturated carbocycles. The van der Waals surface area contributed by atoms with Crippen LogP contribution in [0.15, 0.2) is 0 Å². The molecule has 1 aliphatic carbocycles. The van der Waals surface area contributed by atoms with Gasteiger partial charge in [-0.25, -0.2) is 0 Å². The zero-order valence-electron chi connectivity index (χ0n) is 12.5. The molecule has 3 heteroatoms. The van der Waals surface area contributed by atoms with E-state index >= 15 is 0 Å². The number of rotatable bonds is 2. The number of hydrogen-bond acceptors (Lipinski definition) is 3. The molecule has 1 heterocycles. The van der Waals surface area contributed by atoms with Crippen LogP contribution in [-0.2, 0) is 4.74 Å². The van der Waals surface area contributed by atoms with E-state index in [9.17, 15) is 10.4 Å². The van der Waals surface area contributed by atoms with Crippen LogP contribution in [0, 0.1) is 22.7 Å². The van der Waals surface area contributed by atoms with Crippen molar-refractivity contribution in [1.82, 2.24) is 0 Å². The highest BCUT2D eigenvalue weighted by molar-refractivity contribution is 5.15. The van der Waals surface area contributed by atoms with Crippen LogP contribution in [0.5, 0.6) is 0 Å². The highest BCUT2D eigenvalue weighted by atomic mass is 16.5. The van der Waals surface area contributed by atoms with E-state index in [0.717, 1.165) is 32.1 Å². The molecule has 1 aliphatic heterocycles. The molecule has 3 nitrogen and oxygen atoms in total.